The highest BCUT2D eigenvalue weighted by Gasteiger charge is 2.20. The number of ether oxygens (including phenoxy) is 1. The first-order valence-corrected chi connectivity index (χ1v) is 7.61. The third kappa shape index (κ3) is 3.53. The predicted molar refractivity (Wildman–Crippen MR) is 78.1 cm³/mol. The maximum absolute atomic E-state index is 13.9. The Morgan fingerprint density at radius 2 is 2.20 bits per heavy atom. The number of nitrogens with one attached hydrogen (secondary N) is 1. The summed E-state index contributed by atoms with van der Waals surface area (Å²) in [6, 6.07) is 2.25. The Morgan fingerprint density at radius 1 is 1.50 bits per heavy atom. The Balaban J connectivity index is 2.09. The zero-order valence-electron chi connectivity index (χ0n) is 11.2. The van der Waals surface area contributed by atoms with Crippen LogP contribution < -0.4 is 10.1 Å². The lowest BCUT2D eigenvalue weighted by Gasteiger charge is -2.22. The number of rotatable bonds is 5. The summed E-state index contributed by atoms with van der Waals surface area (Å²) in [7, 11) is 1.34. The number of hydrogen-bond acceptors (Lipinski definition) is 5. The molecule has 5 nitrogen and oxygen atoms in total. The van der Waals surface area contributed by atoms with Crippen molar-refractivity contribution in [1.29, 1.82) is 0 Å². The normalized spacial score (nSPS) is 15.9. The SMILES string of the molecule is COc1cc(NCC2CCSCC2)c(F)cc1[N+](=O)[O-]. The number of nitro benzene ring substituents is 1. The van der Waals surface area contributed by atoms with Gasteiger partial charge in [0.15, 0.2) is 11.6 Å². The monoisotopic (exact) mass is 300 g/mol. The minimum Gasteiger partial charge on any atom is -0.490 e. The van der Waals surface area contributed by atoms with Crippen LogP contribution in [0.15, 0.2) is 12.1 Å². The van der Waals surface area contributed by atoms with E-state index in [1.54, 1.807) is 0 Å². The third-order valence-corrected chi connectivity index (χ3v) is 4.44. The van der Waals surface area contributed by atoms with Crippen LogP contribution in [0.4, 0.5) is 15.8 Å². The molecule has 110 valence electrons. The first kappa shape index (κ1) is 14.9. The number of methoxy groups -OCH3 is 1. The number of thioether (sulfide) groups is 1. The third-order valence-electron chi connectivity index (χ3n) is 3.39. The van der Waals surface area contributed by atoms with Crippen LogP contribution in [0.1, 0.15) is 12.8 Å². The van der Waals surface area contributed by atoms with E-state index in [-0.39, 0.29) is 17.1 Å². The van der Waals surface area contributed by atoms with Gasteiger partial charge in [0, 0.05) is 12.6 Å². The van der Waals surface area contributed by atoms with Gasteiger partial charge in [0.2, 0.25) is 0 Å². The topological polar surface area (TPSA) is 64.4 Å². The molecular weight excluding hydrogens is 283 g/mol. The Morgan fingerprint density at radius 3 is 2.80 bits per heavy atom. The second-order valence-electron chi connectivity index (χ2n) is 4.70. The molecule has 1 aromatic carbocycles. The van der Waals surface area contributed by atoms with Crippen LogP contribution in [0, 0.1) is 21.8 Å². The number of nitrogens with zero attached hydrogens (tertiary/aromatic N) is 1. The minimum absolute atomic E-state index is 0.0677. The number of hydrogen-bond donors (Lipinski definition) is 1. The highest BCUT2D eigenvalue weighted by Crippen LogP contribution is 2.32. The molecule has 0 aliphatic carbocycles. The minimum atomic E-state index is -0.649. The molecule has 0 spiro atoms. The number of halogens is 1. The Kier molecular flexibility index (Phi) is 5.05. The molecule has 0 bridgehead atoms. The van der Waals surface area contributed by atoms with Crippen molar-refractivity contribution in [2.45, 2.75) is 12.8 Å². The zero-order valence-corrected chi connectivity index (χ0v) is 12.0. The van der Waals surface area contributed by atoms with Crippen molar-refractivity contribution in [2.75, 3.05) is 30.5 Å². The van der Waals surface area contributed by atoms with E-state index in [1.807, 2.05) is 11.8 Å². The van der Waals surface area contributed by atoms with Crippen LogP contribution in [-0.2, 0) is 0 Å². The summed E-state index contributed by atoms with van der Waals surface area (Å²) in [5, 5.41) is 13.8. The molecule has 7 heteroatoms. The quantitative estimate of drug-likeness (QED) is 0.667. The molecule has 1 heterocycles. The first-order valence-electron chi connectivity index (χ1n) is 6.45. The van der Waals surface area contributed by atoms with Crippen LogP contribution in [0.3, 0.4) is 0 Å². The molecule has 0 saturated carbocycles. The van der Waals surface area contributed by atoms with Gasteiger partial charge in [-0.15, -0.1) is 0 Å². The second-order valence-corrected chi connectivity index (χ2v) is 5.92. The smallest absolute Gasteiger partial charge is 0.313 e. The van der Waals surface area contributed by atoms with Crippen molar-refractivity contribution in [2.24, 2.45) is 5.92 Å². The van der Waals surface area contributed by atoms with E-state index in [0.717, 1.165) is 30.4 Å². The Bertz CT molecular complexity index is 493. The van der Waals surface area contributed by atoms with Crippen molar-refractivity contribution in [3.63, 3.8) is 0 Å². The molecule has 0 aromatic heterocycles. The molecule has 1 N–H and O–H groups in total. The van der Waals surface area contributed by atoms with Gasteiger partial charge in [-0.2, -0.15) is 11.8 Å². The lowest BCUT2D eigenvalue weighted by Crippen LogP contribution is -2.19. The van der Waals surface area contributed by atoms with E-state index in [1.165, 1.54) is 13.2 Å². The van der Waals surface area contributed by atoms with Crippen LogP contribution in [0.5, 0.6) is 5.75 Å². The number of anilines is 1. The molecule has 0 amide bonds. The van der Waals surface area contributed by atoms with Crippen LogP contribution in [0.2, 0.25) is 0 Å². The number of nitro groups is 1. The van der Waals surface area contributed by atoms with E-state index < -0.39 is 10.7 Å². The van der Waals surface area contributed by atoms with Crippen LogP contribution >= 0.6 is 11.8 Å². The highest BCUT2D eigenvalue weighted by atomic mass is 32.2. The molecular formula is C13H17FN2O3S. The van der Waals surface area contributed by atoms with E-state index in [4.69, 9.17) is 4.74 Å². The summed E-state index contributed by atoms with van der Waals surface area (Å²) in [5.41, 5.74) is -0.102. The van der Waals surface area contributed by atoms with Gasteiger partial charge < -0.3 is 10.1 Å². The summed E-state index contributed by atoms with van der Waals surface area (Å²) < 4.78 is 18.8. The van der Waals surface area contributed by atoms with Gasteiger partial charge in [-0.05, 0) is 30.3 Å². The average Bonchev–Trinajstić information content (AvgIpc) is 2.46. The fourth-order valence-corrected chi connectivity index (χ4v) is 3.39. The van der Waals surface area contributed by atoms with E-state index in [2.05, 4.69) is 5.32 Å². The molecule has 1 aliphatic rings. The summed E-state index contributed by atoms with van der Waals surface area (Å²) in [6.07, 6.45) is 2.23. The number of benzene rings is 1. The van der Waals surface area contributed by atoms with Gasteiger partial charge in [-0.1, -0.05) is 0 Å². The van der Waals surface area contributed by atoms with Crippen LogP contribution in [0.25, 0.3) is 0 Å². The van der Waals surface area contributed by atoms with Crippen molar-refractivity contribution < 1.29 is 14.1 Å². The van der Waals surface area contributed by atoms with Gasteiger partial charge in [0.1, 0.15) is 0 Å². The predicted octanol–water partition coefficient (Wildman–Crippen LogP) is 3.30. The van der Waals surface area contributed by atoms with Crippen LogP contribution in [-0.4, -0.2) is 30.1 Å². The zero-order chi connectivity index (χ0) is 14.5. The molecule has 20 heavy (non-hydrogen) atoms. The summed E-state index contributed by atoms with van der Waals surface area (Å²) >= 11 is 1.94. The molecule has 0 unspecified atom stereocenters. The molecule has 1 aliphatic heterocycles. The van der Waals surface area contributed by atoms with Crippen molar-refractivity contribution in [3.8, 4) is 5.75 Å². The molecule has 0 radical (unpaired) electrons. The summed E-state index contributed by atoms with van der Waals surface area (Å²) in [6.45, 7) is 0.679. The highest BCUT2D eigenvalue weighted by molar-refractivity contribution is 7.99. The van der Waals surface area contributed by atoms with Gasteiger partial charge in [0.05, 0.1) is 23.8 Å². The Labute approximate surface area is 121 Å². The van der Waals surface area contributed by atoms with E-state index in [9.17, 15) is 14.5 Å². The van der Waals surface area contributed by atoms with Gasteiger partial charge >= 0.3 is 5.69 Å². The van der Waals surface area contributed by atoms with E-state index in [0.29, 0.717) is 12.5 Å². The van der Waals surface area contributed by atoms with Crippen molar-refractivity contribution in [1.82, 2.24) is 0 Å². The largest absolute Gasteiger partial charge is 0.490 e. The Hall–Kier alpha value is -1.50. The van der Waals surface area contributed by atoms with Crippen molar-refractivity contribution in [3.05, 3.63) is 28.1 Å². The standard InChI is InChI=1S/C13H17FN2O3S/c1-19-13-7-11(10(14)6-12(13)16(17)18)15-8-9-2-4-20-5-3-9/h6-7,9,15H,2-5,8H2,1H3. The summed E-state index contributed by atoms with van der Waals surface area (Å²) in [4.78, 5) is 10.1. The fraction of sp³-hybridized carbons (Fsp3) is 0.538. The van der Waals surface area contributed by atoms with E-state index >= 15 is 0 Å². The van der Waals surface area contributed by atoms with Gasteiger partial charge in [-0.25, -0.2) is 4.39 Å². The molecule has 1 fully saturated rings. The maximum atomic E-state index is 13.9. The van der Waals surface area contributed by atoms with Crippen molar-refractivity contribution >= 4 is 23.1 Å². The second kappa shape index (κ2) is 6.78. The lowest BCUT2D eigenvalue weighted by molar-refractivity contribution is -0.385. The molecule has 1 saturated heterocycles. The molecule has 0 atom stereocenters. The molecule has 1 aromatic rings. The average molecular weight is 300 g/mol. The van der Waals surface area contributed by atoms with Gasteiger partial charge in [-0.3, -0.25) is 10.1 Å². The van der Waals surface area contributed by atoms with Gasteiger partial charge in [0.25, 0.3) is 0 Å². The summed E-state index contributed by atoms with van der Waals surface area (Å²) in [5.74, 6) is 2.24. The lowest BCUT2D eigenvalue weighted by atomic mass is 10.0. The maximum Gasteiger partial charge on any atom is 0.313 e. The molecule has 2 rings (SSSR count). The fourth-order valence-electron chi connectivity index (χ4n) is 2.19. The first-order chi connectivity index (χ1) is 9.61.